The van der Waals surface area contributed by atoms with E-state index in [1.54, 1.807) is 31.2 Å². The average molecular weight is 475 g/mol. The van der Waals surface area contributed by atoms with Gasteiger partial charge in [0.1, 0.15) is 11.9 Å². The van der Waals surface area contributed by atoms with E-state index in [-0.39, 0.29) is 17.7 Å². The van der Waals surface area contributed by atoms with Gasteiger partial charge >= 0.3 is 12.0 Å². The molecule has 2 rings (SSSR count). The van der Waals surface area contributed by atoms with Crippen LogP contribution in [-0.2, 0) is 16.0 Å². The van der Waals surface area contributed by atoms with E-state index in [4.69, 9.17) is 0 Å². The molecule has 2 aromatic carbocycles. The lowest BCUT2D eigenvalue weighted by Gasteiger charge is -2.19. The Balaban J connectivity index is 2.23. The predicted molar refractivity (Wildman–Crippen MR) is 119 cm³/mol. The van der Waals surface area contributed by atoms with Gasteiger partial charge in [0, 0.05) is 37.9 Å². The predicted octanol–water partition coefficient (Wildman–Crippen LogP) is 1.47. The zero-order valence-electron chi connectivity index (χ0n) is 18.8. The van der Waals surface area contributed by atoms with E-state index in [1.165, 1.54) is 19.0 Å². The third-order valence-electron chi connectivity index (χ3n) is 5.22. The zero-order valence-corrected chi connectivity index (χ0v) is 18.8. The highest BCUT2D eigenvalue weighted by Gasteiger charge is 2.24. The molecule has 0 aromatic heterocycles. The van der Waals surface area contributed by atoms with Gasteiger partial charge in [0.25, 0.3) is 5.91 Å². The van der Waals surface area contributed by atoms with Gasteiger partial charge in [-0.2, -0.15) is 0 Å². The monoisotopic (exact) mass is 475 g/mol. The summed E-state index contributed by atoms with van der Waals surface area (Å²) >= 11 is 0. The van der Waals surface area contributed by atoms with Crippen molar-refractivity contribution in [2.24, 2.45) is 0 Å². The average Bonchev–Trinajstić information content (AvgIpc) is 2.81. The van der Waals surface area contributed by atoms with Crippen LogP contribution in [0.2, 0.25) is 0 Å². The highest BCUT2D eigenvalue weighted by Crippen LogP contribution is 2.20. The van der Waals surface area contributed by atoms with Crippen LogP contribution in [0.25, 0.3) is 5.57 Å². The Bertz CT molecular complexity index is 1150. The number of amides is 3. The number of rotatable bonds is 8. The van der Waals surface area contributed by atoms with Crippen molar-refractivity contribution in [1.82, 2.24) is 15.5 Å². The topological polar surface area (TPSA) is 143 Å². The molecule has 11 heteroatoms. The Morgan fingerprint density at radius 1 is 1.15 bits per heavy atom. The van der Waals surface area contributed by atoms with E-state index < -0.39 is 41.1 Å². The van der Waals surface area contributed by atoms with Crippen LogP contribution in [-0.4, -0.2) is 54.3 Å². The lowest BCUT2D eigenvalue weighted by molar-refractivity contribution is -0.258. The summed E-state index contributed by atoms with van der Waals surface area (Å²) in [5.74, 6) is -4.38. The Morgan fingerprint density at radius 2 is 1.76 bits per heavy atom. The van der Waals surface area contributed by atoms with Crippen molar-refractivity contribution in [2.45, 2.75) is 19.4 Å². The quantitative estimate of drug-likeness (QED) is 0.338. The molecule has 3 amide bonds. The van der Waals surface area contributed by atoms with Gasteiger partial charge in [-0.1, -0.05) is 24.3 Å². The summed E-state index contributed by atoms with van der Waals surface area (Å²) in [7, 11) is 2.96. The Morgan fingerprint density at radius 3 is 2.29 bits per heavy atom. The van der Waals surface area contributed by atoms with Gasteiger partial charge in [0.15, 0.2) is 17.8 Å². The minimum atomic E-state index is -1.43. The van der Waals surface area contributed by atoms with Crippen molar-refractivity contribution in [1.29, 1.82) is 0 Å². The maximum Gasteiger partial charge on any atom is 0.326 e. The first kappa shape index (κ1) is 26.1. The lowest BCUT2D eigenvalue weighted by Crippen LogP contribution is -2.43. The van der Waals surface area contributed by atoms with E-state index >= 15 is 0 Å². The number of hydrogen-bond acceptors (Lipinski definition) is 4. The zero-order chi connectivity index (χ0) is 25.6. The number of urea groups is 1. The number of nitrogens with one attached hydrogen (secondary N) is 2. The van der Waals surface area contributed by atoms with Crippen LogP contribution >= 0.6 is 0 Å². The molecular weight excluding hydrogens is 450 g/mol. The molecule has 0 fully saturated rings. The molecule has 0 aliphatic carbocycles. The second kappa shape index (κ2) is 11.1. The molecular formula is C23H25F2N4O5+. The summed E-state index contributed by atoms with van der Waals surface area (Å²) in [4.78, 5) is 48.7. The molecule has 0 aliphatic heterocycles. The fourth-order valence-electron chi connectivity index (χ4n) is 3.12. The summed E-state index contributed by atoms with van der Waals surface area (Å²) in [6, 6.07) is 5.84. The SMILES string of the molecule is CNC(=O)N(C)C(C)=C(C=O)c1ccc(CC(NC(=O)c2cc(F)c([NH3+])cc2F)C(=O)O)cc1. The maximum absolute atomic E-state index is 14.0. The van der Waals surface area contributed by atoms with E-state index in [1.807, 2.05) is 0 Å². The van der Waals surface area contributed by atoms with Gasteiger partial charge in [-0.05, 0) is 24.1 Å². The molecule has 2 aromatic rings. The van der Waals surface area contributed by atoms with Gasteiger partial charge in [0.2, 0.25) is 0 Å². The Kier molecular flexibility index (Phi) is 8.57. The molecule has 1 unspecified atom stereocenters. The summed E-state index contributed by atoms with van der Waals surface area (Å²) in [6.07, 6.45) is 0.449. The van der Waals surface area contributed by atoms with Gasteiger partial charge in [-0.3, -0.25) is 9.59 Å². The van der Waals surface area contributed by atoms with Crippen LogP contribution < -0.4 is 16.4 Å². The number of allylic oxidation sites excluding steroid dienone is 2. The van der Waals surface area contributed by atoms with Gasteiger partial charge in [-0.15, -0.1) is 0 Å². The smallest absolute Gasteiger partial charge is 0.326 e. The molecule has 0 saturated heterocycles. The van der Waals surface area contributed by atoms with Crippen molar-refractivity contribution >= 4 is 35.5 Å². The van der Waals surface area contributed by atoms with Crippen molar-refractivity contribution in [2.75, 3.05) is 14.1 Å². The van der Waals surface area contributed by atoms with Gasteiger partial charge in [0.05, 0.1) is 5.56 Å². The first-order valence-electron chi connectivity index (χ1n) is 10.1. The number of aliphatic carboxylic acids is 1. The molecule has 180 valence electrons. The van der Waals surface area contributed by atoms with Crippen LogP contribution in [0, 0.1) is 11.6 Å². The minimum Gasteiger partial charge on any atom is -0.480 e. The molecule has 0 spiro atoms. The summed E-state index contributed by atoms with van der Waals surface area (Å²) in [5, 5.41) is 14.1. The number of nitrogens with zero attached hydrogens (tertiary/aromatic N) is 1. The molecule has 0 radical (unpaired) electrons. The van der Waals surface area contributed by atoms with Crippen LogP contribution in [0.15, 0.2) is 42.1 Å². The Labute approximate surface area is 194 Å². The van der Waals surface area contributed by atoms with Crippen molar-refractivity contribution in [3.63, 3.8) is 0 Å². The normalized spacial score (nSPS) is 12.3. The number of benzene rings is 2. The van der Waals surface area contributed by atoms with Crippen molar-refractivity contribution in [3.8, 4) is 0 Å². The molecule has 9 nitrogen and oxygen atoms in total. The summed E-state index contributed by atoms with van der Waals surface area (Å²) < 4.78 is 27.7. The fourth-order valence-corrected chi connectivity index (χ4v) is 3.12. The number of carboxylic acids is 1. The Hall–Kier alpha value is -4.12. The highest BCUT2D eigenvalue weighted by atomic mass is 19.1. The van der Waals surface area contributed by atoms with E-state index in [2.05, 4.69) is 16.4 Å². The minimum absolute atomic E-state index is 0.157. The standard InChI is InChI=1S/C23H24F2N4O5/c1-12(29(3)23(34)27-2)16(11-30)14-6-4-13(5-7-14)8-20(22(32)33)28-21(31)15-9-18(25)19(26)10-17(15)24/h4-7,9-11,20H,8,26H2,1-3H3,(H,27,34)(H,28,31)(H,32,33)/p+1. The molecule has 34 heavy (non-hydrogen) atoms. The first-order chi connectivity index (χ1) is 16.0. The van der Waals surface area contributed by atoms with Gasteiger partial charge < -0.3 is 26.4 Å². The summed E-state index contributed by atoms with van der Waals surface area (Å²) in [5.41, 5.74) is 4.08. The van der Waals surface area contributed by atoms with Crippen LogP contribution in [0.3, 0.4) is 0 Å². The molecule has 0 saturated carbocycles. The number of carbonyl (C=O) groups is 4. The molecule has 0 bridgehead atoms. The van der Waals surface area contributed by atoms with Crippen LogP contribution in [0.1, 0.15) is 28.4 Å². The third-order valence-corrected chi connectivity index (χ3v) is 5.22. The number of aldehydes is 1. The van der Waals surface area contributed by atoms with E-state index in [9.17, 15) is 33.1 Å². The molecule has 0 aliphatic rings. The second-order valence-electron chi connectivity index (χ2n) is 7.42. The molecule has 1 atom stereocenters. The second-order valence-corrected chi connectivity index (χ2v) is 7.42. The number of halogens is 2. The lowest BCUT2D eigenvalue weighted by atomic mass is 9.99. The third kappa shape index (κ3) is 6.01. The highest BCUT2D eigenvalue weighted by molar-refractivity contribution is 6.08. The van der Waals surface area contributed by atoms with Gasteiger partial charge in [-0.25, -0.2) is 18.4 Å². The van der Waals surface area contributed by atoms with Crippen molar-refractivity contribution < 1.29 is 38.8 Å². The number of hydrogen-bond donors (Lipinski definition) is 4. The van der Waals surface area contributed by atoms with E-state index in [0.717, 1.165) is 6.07 Å². The number of carboxylic acid groups (broad SMARTS) is 1. The van der Waals surface area contributed by atoms with E-state index in [0.29, 0.717) is 29.2 Å². The summed E-state index contributed by atoms with van der Waals surface area (Å²) in [6.45, 7) is 1.60. The first-order valence-corrected chi connectivity index (χ1v) is 10.1. The fraction of sp³-hybridized carbons (Fsp3) is 0.217. The van der Waals surface area contributed by atoms with Crippen LogP contribution in [0.5, 0.6) is 0 Å². The molecule has 0 heterocycles. The maximum atomic E-state index is 14.0. The molecule has 6 N–H and O–H groups in total. The largest absolute Gasteiger partial charge is 0.480 e. The van der Waals surface area contributed by atoms with Crippen LogP contribution in [0.4, 0.5) is 19.3 Å². The van der Waals surface area contributed by atoms with Crippen molar-refractivity contribution in [3.05, 3.63) is 70.4 Å². The number of carbonyl (C=O) groups excluding carboxylic acids is 3. The number of quaternary nitrogens is 1.